The molecule has 10 nitrogen and oxygen atoms in total. The fourth-order valence-corrected chi connectivity index (χ4v) is 7.64. The first-order valence-electron chi connectivity index (χ1n) is 13.3. The SMILES string of the molecule is C[C@@H](O)[C@H]1C(=O)N2C(C(=O)O)=C(S[C@H]3C[C@@H](C(=O)Nc4cccc(C(=O)O)c4)N(Cc4ccc(F)c(F)c4)C3)[C@H](C)[C@H]12. The van der Waals surface area contributed by atoms with Crippen LogP contribution in [0.4, 0.5) is 14.5 Å². The number of aliphatic carboxylic acids is 1. The summed E-state index contributed by atoms with van der Waals surface area (Å²) in [6, 6.07) is 7.99. The van der Waals surface area contributed by atoms with Crippen LogP contribution >= 0.6 is 11.8 Å². The largest absolute Gasteiger partial charge is 0.478 e. The number of aromatic carboxylic acids is 1. The molecule has 2 amide bonds. The number of amides is 2. The first-order chi connectivity index (χ1) is 19.9. The topological polar surface area (TPSA) is 147 Å². The second kappa shape index (κ2) is 11.5. The molecule has 0 aliphatic carbocycles. The van der Waals surface area contributed by atoms with Crippen molar-refractivity contribution in [3.8, 4) is 0 Å². The number of nitrogens with one attached hydrogen (secondary N) is 1. The van der Waals surface area contributed by atoms with E-state index in [-0.39, 0.29) is 41.1 Å². The van der Waals surface area contributed by atoms with Crippen LogP contribution in [0.15, 0.2) is 53.1 Å². The number of carboxylic acids is 2. The highest BCUT2D eigenvalue weighted by Crippen LogP contribution is 2.52. The van der Waals surface area contributed by atoms with Gasteiger partial charge in [0.2, 0.25) is 11.8 Å². The smallest absolute Gasteiger partial charge is 0.353 e. The van der Waals surface area contributed by atoms with Crippen LogP contribution in [0, 0.1) is 23.5 Å². The van der Waals surface area contributed by atoms with Crippen molar-refractivity contribution in [3.05, 3.63) is 75.8 Å². The number of fused-ring (bicyclic) bond motifs is 1. The highest BCUT2D eigenvalue weighted by Gasteiger charge is 2.60. The molecule has 0 unspecified atom stereocenters. The number of carbonyl (C=O) groups is 4. The number of thioether (sulfide) groups is 1. The number of aliphatic hydroxyl groups is 1. The molecular weight excluding hydrogens is 572 g/mol. The lowest BCUT2D eigenvalue weighted by molar-refractivity contribution is -0.163. The van der Waals surface area contributed by atoms with Crippen LogP contribution in [0.25, 0.3) is 0 Å². The number of hydrogen-bond acceptors (Lipinski definition) is 7. The molecule has 42 heavy (non-hydrogen) atoms. The fourth-order valence-electron chi connectivity index (χ4n) is 6.08. The number of benzene rings is 2. The Morgan fingerprint density at radius 1 is 1.10 bits per heavy atom. The molecule has 222 valence electrons. The summed E-state index contributed by atoms with van der Waals surface area (Å²) in [6.07, 6.45) is -0.674. The molecule has 0 radical (unpaired) electrons. The number of carboxylic acid groups (broad SMARTS) is 2. The molecule has 3 aliphatic rings. The molecule has 2 saturated heterocycles. The van der Waals surface area contributed by atoms with Crippen molar-refractivity contribution in [3.63, 3.8) is 0 Å². The molecule has 2 aromatic carbocycles. The highest BCUT2D eigenvalue weighted by molar-refractivity contribution is 8.03. The normalized spacial score (nSPS) is 26.2. The first-order valence-corrected chi connectivity index (χ1v) is 14.2. The van der Waals surface area contributed by atoms with Crippen LogP contribution < -0.4 is 5.32 Å². The van der Waals surface area contributed by atoms with Crippen LogP contribution in [0.1, 0.15) is 36.2 Å². The second-order valence-corrected chi connectivity index (χ2v) is 12.2. The van der Waals surface area contributed by atoms with Crippen molar-refractivity contribution in [2.24, 2.45) is 11.8 Å². The van der Waals surface area contributed by atoms with Gasteiger partial charge in [0.15, 0.2) is 11.6 Å². The van der Waals surface area contributed by atoms with Crippen molar-refractivity contribution in [2.75, 3.05) is 11.9 Å². The molecule has 2 aromatic rings. The zero-order valence-corrected chi connectivity index (χ0v) is 23.5. The summed E-state index contributed by atoms with van der Waals surface area (Å²) >= 11 is 1.27. The lowest BCUT2D eigenvalue weighted by Crippen LogP contribution is -2.63. The van der Waals surface area contributed by atoms with E-state index in [9.17, 15) is 43.3 Å². The molecule has 3 heterocycles. The predicted octanol–water partition coefficient (Wildman–Crippen LogP) is 3.13. The second-order valence-electron chi connectivity index (χ2n) is 10.8. The van der Waals surface area contributed by atoms with E-state index in [0.717, 1.165) is 12.1 Å². The summed E-state index contributed by atoms with van der Waals surface area (Å²) in [5.41, 5.74) is 0.574. The number of rotatable bonds is 9. The quantitative estimate of drug-likeness (QED) is 0.318. The minimum Gasteiger partial charge on any atom is -0.478 e. The predicted molar refractivity (Wildman–Crippen MR) is 148 cm³/mol. The zero-order valence-electron chi connectivity index (χ0n) is 22.7. The number of halogens is 2. The summed E-state index contributed by atoms with van der Waals surface area (Å²) in [5.74, 6) is -6.39. The Morgan fingerprint density at radius 2 is 1.83 bits per heavy atom. The number of likely N-dealkylation sites (tertiary alicyclic amines) is 1. The number of β-lactam (4-membered cyclic amide) rings is 1. The lowest BCUT2D eigenvalue weighted by Gasteiger charge is -2.46. The zero-order chi connectivity index (χ0) is 30.5. The Hall–Kier alpha value is -3.81. The van der Waals surface area contributed by atoms with Crippen molar-refractivity contribution in [1.29, 1.82) is 0 Å². The van der Waals surface area contributed by atoms with Crippen molar-refractivity contribution >= 4 is 41.2 Å². The van der Waals surface area contributed by atoms with Crippen LogP contribution in [0.3, 0.4) is 0 Å². The van der Waals surface area contributed by atoms with Crippen LogP contribution in [0.2, 0.25) is 0 Å². The van der Waals surface area contributed by atoms with Gasteiger partial charge in [-0.2, -0.15) is 0 Å². The van der Waals surface area contributed by atoms with Crippen molar-refractivity contribution < 1.29 is 43.3 Å². The molecule has 6 atom stereocenters. The minimum atomic E-state index is -1.26. The van der Waals surface area contributed by atoms with Gasteiger partial charge in [-0.25, -0.2) is 18.4 Å². The van der Waals surface area contributed by atoms with Crippen molar-refractivity contribution in [1.82, 2.24) is 9.80 Å². The van der Waals surface area contributed by atoms with E-state index in [2.05, 4.69) is 5.32 Å². The molecule has 0 bridgehead atoms. The average Bonchev–Trinajstić information content (AvgIpc) is 3.42. The van der Waals surface area contributed by atoms with Crippen LogP contribution in [-0.2, 0) is 20.9 Å². The Bertz CT molecular complexity index is 1500. The Labute approximate surface area is 244 Å². The number of hydrogen-bond donors (Lipinski definition) is 4. The molecular formula is C29H29F2N3O7S. The lowest BCUT2D eigenvalue weighted by atomic mass is 9.79. The van der Waals surface area contributed by atoms with E-state index in [4.69, 9.17) is 0 Å². The van der Waals surface area contributed by atoms with Gasteiger partial charge < -0.3 is 25.5 Å². The van der Waals surface area contributed by atoms with Crippen LogP contribution in [-0.4, -0.2) is 78.9 Å². The molecule has 3 aliphatic heterocycles. The van der Waals surface area contributed by atoms with Gasteiger partial charge in [-0.15, -0.1) is 11.8 Å². The van der Waals surface area contributed by atoms with Gasteiger partial charge in [-0.1, -0.05) is 19.1 Å². The first kappa shape index (κ1) is 29.7. The van der Waals surface area contributed by atoms with Crippen molar-refractivity contribution in [2.45, 2.75) is 50.3 Å². The molecule has 0 spiro atoms. The molecule has 13 heteroatoms. The Kier molecular flexibility index (Phi) is 8.10. The van der Waals surface area contributed by atoms with E-state index in [1.54, 1.807) is 11.0 Å². The summed E-state index contributed by atoms with van der Waals surface area (Å²) in [4.78, 5) is 53.3. The maximum atomic E-state index is 14.0. The Morgan fingerprint density at radius 3 is 2.48 bits per heavy atom. The van der Waals surface area contributed by atoms with Gasteiger partial charge in [0.1, 0.15) is 5.70 Å². The van der Waals surface area contributed by atoms with Gasteiger partial charge >= 0.3 is 11.9 Å². The number of nitrogens with zero attached hydrogens (tertiary/aromatic N) is 2. The third-order valence-corrected chi connectivity index (χ3v) is 9.51. The monoisotopic (exact) mass is 601 g/mol. The number of carbonyl (C=O) groups excluding carboxylic acids is 2. The number of aliphatic hydroxyl groups excluding tert-OH is 1. The third-order valence-electron chi connectivity index (χ3n) is 8.02. The third kappa shape index (κ3) is 5.39. The Balaban J connectivity index is 1.40. The van der Waals surface area contributed by atoms with E-state index in [1.807, 2.05) is 6.92 Å². The molecule has 2 fully saturated rings. The maximum absolute atomic E-state index is 14.0. The summed E-state index contributed by atoms with van der Waals surface area (Å²) in [7, 11) is 0. The van der Waals surface area contributed by atoms with Gasteiger partial charge in [0.25, 0.3) is 0 Å². The van der Waals surface area contributed by atoms with E-state index in [1.165, 1.54) is 47.9 Å². The molecule has 5 rings (SSSR count). The maximum Gasteiger partial charge on any atom is 0.353 e. The van der Waals surface area contributed by atoms with Gasteiger partial charge in [-0.05, 0) is 49.2 Å². The van der Waals surface area contributed by atoms with E-state index >= 15 is 0 Å². The fraction of sp³-hybridized carbons (Fsp3) is 0.379. The molecule has 0 aromatic heterocycles. The summed E-state index contributed by atoms with van der Waals surface area (Å²) in [5, 5.41) is 31.8. The van der Waals surface area contributed by atoms with Crippen LogP contribution in [0.5, 0.6) is 0 Å². The molecule has 0 saturated carbocycles. The van der Waals surface area contributed by atoms with E-state index < -0.39 is 59.5 Å². The standard InChI is InChI=1S/C29H29F2N3O7S/c1-13-23-22(14(2)35)27(37)34(23)24(29(40)41)25(13)42-18-10-21(26(36)32-17-5-3-4-16(9-17)28(38)39)33(12-18)11-15-6-7-19(30)20(31)8-15/h3-9,13-14,18,21-23,35H,10-12H2,1-2H3,(H,32,36)(H,38,39)(H,40,41)/t13-,14-,18+,21+,22-,23-/m1/s1. The highest BCUT2D eigenvalue weighted by atomic mass is 32.2. The molecule has 4 N–H and O–H groups in total. The van der Waals surface area contributed by atoms with Gasteiger partial charge in [-0.3, -0.25) is 14.5 Å². The van der Waals surface area contributed by atoms with Gasteiger partial charge in [0, 0.05) is 34.8 Å². The summed E-state index contributed by atoms with van der Waals surface area (Å²) < 4.78 is 27.5. The van der Waals surface area contributed by atoms with E-state index in [0.29, 0.717) is 17.0 Å². The minimum absolute atomic E-state index is 0.00988. The summed E-state index contributed by atoms with van der Waals surface area (Å²) in [6.45, 7) is 3.70. The number of anilines is 1. The average molecular weight is 602 g/mol. The van der Waals surface area contributed by atoms with Gasteiger partial charge in [0.05, 0.1) is 29.7 Å².